The lowest BCUT2D eigenvalue weighted by molar-refractivity contribution is 0.599. The van der Waals surface area contributed by atoms with Crippen molar-refractivity contribution in [1.82, 2.24) is 4.57 Å². The van der Waals surface area contributed by atoms with Gasteiger partial charge in [-0.3, -0.25) is 4.79 Å². The van der Waals surface area contributed by atoms with Gasteiger partial charge in [0.15, 0.2) is 0 Å². The van der Waals surface area contributed by atoms with Crippen molar-refractivity contribution >= 4 is 33.2 Å². The Morgan fingerprint density at radius 1 is 1.39 bits per heavy atom. The minimum atomic E-state index is -0.354. The molecule has 0 bridgehead atoms. The highest BCUT2D eigenvalue weighted by Gasteiger charge is 2.06. The van der Waals surface area contributed by atoms with Gasteiger partial charge in [-0.05, 0) is 34.1 Å². The number of nitrogens with two attached hydrogens (primary N) is 1. The average molecular weight is 332 g/mol. The van der Waals surface area contributed by atoms with E-state index >= 15 is 0 Å². The standard InChI is InChI=1S/C12H9BrClFN2O/c13-9-5-17(6-11(16)12(9)18)4-7-3-8(14)1-2-10(7)15/h1-3,5-6H,4,16H2. The number of pyridine rings is 1. The van der Waals surface area contributed by atoms with Crippen molar-refractivity contribution in [1.29, 1.82) is 0 Å². The van der Waals surface area contributed by atoms with Crippen LogP contribution in [0.4, 0.5) is 10.1 Å². The second kappa shape index (κ2) is 5.12. The van der Waals surface area contributed by atoms with E-state index in [-0.39, 0.29) is 23.5 Å². The monoisotopic (exact) mass is 330 g/mol. The molecule has 0 saturated carbocycles. The smallest absolute Gasteiger partial charge is 0.218 e. The number of aromatic nitrogens is 1. The van der Waals surface area contributed by atoms with Gasteiger partial charge in [-0.25, -0.2) is 4.39 Å². The van der Waals surface area contributed by atoms with Crippen LogP contribution >= 0.6 is 27.5 Å². The first kappa shape index (κ1) is 13.1. The zero-order chi connectivity index (χ0) is 13.3. The number of benzene rings is 1. The first-order chi connectivity index (χ1) is 8.47. The van der Waals surface area contributed by atoms with E-state index in [9.17, 15) is 9.18 Å². The molecule has 0 amide bonds. The number of anilines is 1. The Morgan fingerprint density at radius 3 is 2.78 bits per heavy atom. The van der Waals surface area contributed by atoms with E-state index in [4.69, 9.17) is 17.3 Å². The third kappa shape index (κ3) is 2.73. The molecule has 1 heterocycles. The summed E-state index contributed by atoms with van der Waals surface area (Å²) in [6.45, 7) is 0.246. The fraction of sp³-hybridized carbons (Fsp3) is 0.0833. The van der Waals surface area contributed by atoms with Crippen molar-refractivity contribution in [2.45, 2.75) is 6.54 Å². The highest BCUT2D eigenvalue weighted by molar-refractivity contribution is 9.10. The van der Waals surface area contributed by atoms with E-state index in [0.717, 1.165) is 0 Å². The number of rotatable bonds is 2. The molecule has 1 aromatic carbocycles. The van der Waals surface area contributed by atoms with Gasteiger partial charge in [-0.15, -0.1) is 0 Å². The van der Waals surface area contributed by atoms with E-state index in [2.05, 4.69) is 15.9 Å². The highest BCUT2D eigenvalue weighted by Crippen LogP contribution is 2.17. The minimum Gasteiger partial charge on any atom is -0.394 e. The molecule has 0 fully saturated rings. The van der Waals surface area contributed by atoms with Gasteiger partial charge in [0, 0.05) is 23.0 Å². The fourth-order valence-corrected chi connectivity index (χ4v) is 2.26. The molecule has 18 heavy (non-hydrogen) atoms. The van der Waals surface area contributed by atoms with Crippen LogP contribution in [0, 0.1) is 5.82 Å². The van der Waals surface area contributed by atoms with Gasteiger partial charge in [-0.2, -0.15) is 0 Å². The van der Waals surface area contributed by atoms with Gasteiger partial charge in [0.2, 0.25) is 5.43 Å². The van der Waals surface area contributed by atoms with E-state index < -0.39 is 0 Å². The summed E-state index contributed by atoms with van der Waals surface area (Å²) in [4.78, 5) is 11.4. The molecule has 2 N–H and O–H groups in total. The molecule has 94 valence electrons. The van der Waals surface area contributed by atoms with Gasteiger partial charge in [0.25, 0.3) is 0 Å². The Labute approximate surface area is 116 Å². The second-order valence-corrected chi connectivity index (χ2v) is 5.09. The predicted molar refractivity (Wildman–Crippen MR) is 73.3 cm³/mol. The lowest BCUT2D eigenvalue weighted by Gasteiger charge is -2.09. The minimum absolute atomic E-state index is 0.104. The van der Waals surface area contributed by atoms with Crippen LogP contribution in [0.2, 0.25) is 5.02 Å². The molecule has 0 aliphatic carbocycles. The van der Waals surface area contributed by atoms with Gasteiger partial charge >= 0.3 is 0 Å². The largest absolute Gasteiger partial charge is 0.394 e. The quantitative estimate of drug-likeness (QED) is 0.919. The fourth-order valence-electron chi connectivity index (χ4n) is 1.57. The zero-order valence-corrected chi connectivity index (χ0v) is 11.5. The number of hydrogen-bond acceptors (Lipinski definition) is 2. The zero-order valence-electron chi connectivity index (χ0n) is 9.16. The molecule has 0 unspecified atom stereocenters. The summed E-state index contributed by atoms with van der Waals surface area (Å²) in [5.41, 5.74) is 5.81. The average Bonchev–Trinajstić information content (AvgIpc) is 2.31. The van der Waals surface area contributed by atoms with Crippen LogP contribution in [0.25, 0.3) is 0 Å². The molecular formula is C12H9BrClFN2O. The summed E-state index contributed by atoms with van der Waals surface area (Å²) >= 11 is 8.92. The van der Waals surface area contributed by atoms with E-state index in [1.165, 1.54) is 18.3 Å². The highest BCUT2D eigenvalue weighted by atomic mass is 79.9. The molecule has 0 saturated heterocycles. The molecule has 6 heteroatoms. The van der Waals surface area contributed by atoms with Gasteiger partial charge < -0.3 is 10.3 Å². The van der Waals surface area contributed by atoms with Crippen molar-refractivity contribution in [2.24, 2.45) is 0 Å². The number of halogens is 3. The van der Waals surface area contributed by atoms with Gasteiger partial charge in [0.1, 0.15) is 5.82 Å². The maximum atomic E-state index is 13.6. The lowest BCUT2D eigenvalue weighted by Crippen LogP contribution is -2.14. The summed E-state index contributed by atoms with van der Waals surface area (Å²) in [7, 11) is 0. The SMILES string of the molecule is Nc1cn(Cc2cc(Cl)ccc2F)cc(Br)c1=O. The summed E-state index contributed by atoms with van der Waals surface area (Å²) in [5.74, 6) is -0.354. The van der Waals surface area contributed by atoms with Gasteiger partial charge in [-0.1, -0.05) is 11.6 Å². The maximum absolute atomic E-state index is 13.6. The Bertz CT molecular complexity index is 631. The summed E-state index contributed by atoms with van der Waals surface area (Å²) in [6.07, 6.45) is 3.02. The second-order valence-electron chi connectivity index (χ2n) is 3.80. The van der Waals surface area contributed by atoms with Crippen molar-refractivity contribution in [2.75, 3.05) is 5.73 Å². The maximum Gasteiger partial charge on any atom is 0.218 e. The van der Waals surface area contributed by atoms with Gasteiger partial charge in [0.05, 0.1) is 16.7 Å². The number of hydrogen-bond donors (Lipinski definition) is 1. The molecule has 0 aliphatic rings. The molecule has 2 aromatic rings. The molecule has 0 spiro atoms. The van der Waals surface area contributed by atoms with Crippen LogP contribution in [-0.2, 0) is 6.54 Å². The normalized spacial score (nSPS) is 10.6. The molecule has 0 aliphatic heterocycles. The summed E-state index contributed by atoms with van der Waals surface area (Å²) < 4.78 is 15.5. The molecular weight excluding hydrogens is 322 g/mol. The van der Waals surface area contributed by atoms with Crippen molar-refractivity contribution in [3.63, 3.8) is 0 Å². The Morgan fingerprint density at radius 2 is 2.11 bits per heavy atom. The van der Waals surface area contributed by atoms with Crippen LogP contribution in [0.1, 0.15) is 5.56 Å². The van der Waals surface area contributed by atoms with Crippen LogP contribution < -0.4 is 11.2 Å². The predicted octanol–water partition coefficient (Wildman–Crippen LogP) is 3.03. The Balaban J connectivity index is 2.40. The van der Waals surface area contributed by atoms with Crippen molar-refractivity contribution < 1.29 is 4.39 Å². The summed E-state index contributed by atoms with van der Waals surface area (Å²) in [5, 5.41) is 0.458. The Kier molecular flexibility index (Phi) is 3.73. The molecule has 2 rings (SSSR count). The lowest BCUT2D eigenvalue weighted by atomic mass is 10.2. The van der Waals surface area contributed by atoms with E-state index in [1.807, 2.05) is 0 Å². The Hall–Kier alpha value is -1.33. The van der Waals surface area contributed by atoms with Crippen LogP contribution in [0.3, 0.4) is 0 Å². The van der Waals surface area contributed by atoms with Crippen LogP contribution in [0.15, 0.2) is 39.9 Å². The first-order valence-electron chi connectivity index (χ1n) is 5.06. The molecule has 3 nitrogen and oxygen atoms in total. The van der Waals surface area contributed by atoms with Crippen molar-refractivity contribution in [3.8, 4) is 0 Å². The topological polar surface area (TPSA) is 48.0 Å². The van der Waals surface area contributed by atoms with Crippen molar-refractivity contribution in [3.05, 3.63) is 61.7 Å². The van der Waals surface area contributed by atoms with Crippen LogP contribution in [-0.4, -0.2) is 4.57 Å². The summed E-state index contributed by atoms with van der Waals surface area (Å²) in [6, 6.07) is 4.33. The third-order valence-corrected chi connectivity index (χ3v) is 3.22. The molecule has 1 aromatic heterocycles. The molecule has 0 atom stereocenters. The number of nitrogens with zero attached hydrogens (tertiary/aromatic N) is 1. The van der Waals surface area contributed by atoms with E-state index in [1.54, 1.807) is 16.8 Å². The van der Waals surface area contributed by atoms with E-state index in [0.29, 0.717) is 15.1 Å². The molecule has 0 radical (unpaired) electrons. The number of nitrogen functional groups attached to an aromatic ring is 1. The third-order valence-electron chi connectivity index (χ3n) is 2.42. The van der Waals surface area contributed by atoms with Crippen LogP contribution in [0.5, 0.6) is 0 Å². The first-order valence-corrected chi connectivity index (χ1v) is 6.23.